The van der Waals surface area contributed by atoms with Crippen molar-refractivity contribution in [3.8, 4) is 0 Å². The van der Waals surface area contributed by atoms with Gasteiger partial charge in [0.2, 0.25) is 0 Å². The topological polar surface area (TPSA) is 17.8 Å². The van der Waals surface area contributed by atoms with E-state index in [9.17, 15) is 0 Å². The molecule has 0 unspecified atom stereocenters. The normalized spacial score (nSPS) is 11.5. The van der Waals surface area contributed by atoms with Crippen molar-refractivity contribution in [3.63, 3.8) is 0 Å². The number of aryl methyl sites for hydroxylation is 2. The molecule has 0 bridgehead atoms. The maximum atomic E-state index is 4.48. The van der Waals surface area contributed by atoms with Crippen molar-refractivity contribution in [2.75, 3.05) is 0 Å². The van der Waals surface area contributed by atoms with E-state index in [1.807, 2.05) is 6.33 Å². The Morgan fingerprint density at radius 1 is 1.33 bits per heavy atom. The first-order valence-corrected chi connectivity index (χ1v) is 5.57. The third-order valence-electron chi connectivity index (χ3n) is 2.95. The van der Waals surface area contributed by atoms with E-state index in [4.69, 9.17) is 0 Å². The fourth-order valence-electron chi connectivity index (χ4n) is 1.96. The molecule has 0 aliphatic rings. The number of rotatable bonds is 2. The van der Waals surface area contributed by atoms with Gasteiger partial charge in [-0.3, -0.25) is 0 Å². The zero-order valence-corrected chi connectivity index (χ0v) is 9.91. The van der Waals surface area contributed by atoms with Gasteiger partial charge >= 0.3 is 0 Å². The van der Waals surface area contributed by atoms with E-state index in [-0.39, 0.29) is 0 Å². The number of hydrogen-bond acceptors (Lipinski definition) is 1. The van der Waals surface area contributed by atoms with Crippen LogP contribution in [-0.4, -0.2) is 9.55 Å². The SMILES string of the molecule is CCc1cc(C(C)C)c2ncn(C)c2c1. The predicted octanol–water partition coefficient (Wildman–Crippen LogP) is 3.26. The van der Waals surface area contributed by atoms with Crippen molar-refractivity contribution in [2.45, 2.75) is 33.1 Å². The Labute approximate surface area is 90.9 Å². The first-order chi connectivity index (χ1) is 7.13. The molecule has 0 fully saturated rings. The Kier molecular flexibility index (Phi) is 2.51. The summed E-state index contributed by atoms with van der Waals surface area (Å²) in [5, 5.41) is 0. The van der Waals surface area contributed by atoms with Crippen molar-refractivity contribution < 1.29 is 0 Å². The van der Waals surface area contributed by atoms with Crippen LogP contribution in [0, 0.1) is 0 Å². The van der Waals surface area contributed by atoms with Gasteiger partial charge in [0.1, 0.15) is 0 Å². The fraction of sp³-hybridized carbons (Fsp3) is 0.462. The molecule has 2 heteroatoms. The van der Waals surface area contributed by atoms with Crippen molar-refractivity contribution in [1.82, 2.24) is 9.55 Å². The van der Waals surface area contributed by atoms with Crippen LogP contribution in [0.15, 0.2) is 18.5 Å². The molecule has 1 aromatic carbocycles. The molecular weight excluding hydrogens is 184 g/mol. The molecule has 2 aromatic rings. The molecule has 2 nitrogen and oxygen atoms in total. The molecule has 0 spiro atoms. The average molecular weight is 202 g/mol. The Morgan fingerprint density at radius 3 is 2.67 bits per heavy atom. The molecule has 0 aliphatic heterocycles. The van der Waals surface area contributed by atoms with E-state index in [1.165, 1.54) is 16.6 Å². The van der Waals surface area contributed by atoms with Crippen molar-refractivity contribution in [1.29, 1.82) is 0 Å². The van der Waals surface area contributed by atoms with Gasteiger partial charge in [0.05, 0.1) is 17.4 Å². The first-order valence-electron chi connectivity index (χ1n) is 5.57. The van der Waals surface area contributed by atoms with Crippen LogP contribution in [-0.2, 0) is 13.5 Å². The number of aromatic nitrogens is 2. The van der Waals surface area contributed by atoms with Gasteiger partial charge in [0.15, 0.2) is 0 Å². The lowest BCUT2D eigenvalue weighted by atomic mass is 9.98. The largest absolute Gasteiger partial charge is 0.334 e. The van der Waals surface area contributed by atoms with Gasteiger partial charge in [-0.25, -0.2) is 4.98 Å². The van der Waals surface area contributed by atoms with Crippen LogP contribution in [0.4, 0.5) is 0 Å². The van der Waals surface area contributed by atoms with Gasteiger partial charge in [0.25, 0.3) is 0 Å². The van der Waals surface area contributed by atoms with E-state index in [2.05, 4.69) is 49.5 Å². The molecule has 0 amide bonds. The van der Waals surface area contributed by atoms with Crippen LogP contribution in [0.25, 0.3) is 11.0 Å². The standard InChI is InChI=1S/C13H18N2/c1-5-10-6-11(9(2)3)13-12(7-10)15(4)8-14-13/h6-9H,5H2,1-4H3. The molecule has 0 radical (unpaired) electrons. The van der Waals surface area contributed by atoms with E-state index < -0.39 is 0 Å². The second-order valence-corrected chi connectivity index (χ2v) is 4.42. The molecule has 0 N–H and O–H groups in total. The monoisotopic (exact) mass is 202 g/mol. The van der Waals surface area contributed by atoms with Gasteiger partial charge in [-0.15, -0.1) is 0 Å². The maximum absolute atomic E-state index is 4.48. The number of nitrogens with zero attached hydrogens (tertiary/aromatic N) is 2. The minimum absolute atomic E-state index is 0.536. The summed E-state index contributed by atoms with van der Waals surface area (Å²) in [6.45, 7) is 6.65. The molecule has 2 rings (SSSR count). The highest BCUT2D eigenvalue weighted by Crippen LogP contribution is 2.26. The van der Waals surface area contributed by atoms with Crippen molar-refractivity contribution in [2.24, 2.45) is 7.05 Å². The van der Waals surface area contributed by atoms with Gasteiger partial charge in [-0.1, -0.05) is 26.8 Å². The summed E-state index contributed by atoms with van der Waals surface area (Å²) < 4.78 is 2.10. The summed E-state index contributed by atoms with van der Waals surface area (Å²) in [5.74, 6) is 0.536. The minimum atomic E-state index is 0.536. The smallest absolute Gasteiger partial charge is 0.0955 e. The second-order valence-electron chi connectivity index (χ2n) is 4.42. The molecule has 1 aromatic heterocycles. The van der Waals surface area contributed by atoms with Gasteiger partial charge < -0.3 is 4.57 Å². The zero-order chi connectivity index (χ0) is 11.0. The molecule has 0 aliphatic carbocycles. The molecular formula is C13H18N2. The number of hydrogen-bond donors (Lipinski definition) is 0. The molecule has 0 saturated heterocycles. The van der Waals surface area contributed by atoms with Crippen LogP contribution in [0.3, 0.4) is 0 Å². The lowest BCUT2D eigenvalue weighted by molar-refractivity contribution is 0.869. The molecule has 80 valence electrons. The molecule has 0 atom stereocenters. The molecule has 0 saturated carbocycles. The van der Waals surface area contributed by atoms with Gasteiger partial charge in [-0.05, 0) is 29.5 Å². The third kappa shape index (κ3) is 1.65. The first kappa shape index (κ1) is 10.2. The van der Waals surface area contributed by atoms with E-state index in [0.717, 1.165) is 11.9 Å². The lowest BCUT2D eigenvalue weighted by Gasteiger charge is -2.09. The second kappa shape index (κ2) is 3.69. The maximum Gasteiger partial charge on any atom is 0.0955 e. The summed E-state index contributed by atoms with van der Waals surface area (Å²) in [5.41, 5.74) is 5.17. The van der Waals surface area contributed by atoms with Gasteiger partial charge in [0, 0.05) is 7.05 Å². The van der Waals surface area contributed by atoms with Crippen molar-refractivity contribution in [3.05, 3.63) is 29.6 Å². The summed E-state index contributed by atoms with van der Waals surface area (Å²) in [4.78, 5) is 4.48. The van der Waals surface area contributed by atoms with Crippen molar-refractivity contribution >= 4 is 11.0 Å². The van der Waals surface area contributed by atoms with Crippen LogP contribution < -0.4 is 0 Å². The Balaban J connectivity index is 2.76. The van der Waals surface area contributed by atoms with Crippen LogP contribution in [0.1, 0.15) is 37.8 Å². The highest BCUT2D eigenvalue weighted by Gasteiger charge is 2.10. The number of imidazole rings is 1. The summed E-state index contributed by atoms with van der Waals surface area (Å²) in [6.07, 6.45) is 2.98. The Bertz CT molecular complexity index is 480. The third-order valence-corrected chi connectivity index (χ3v) is 2.95. The number of fused-ring (bicyclic) bond motifs is 1. The van der Waals surface area contributed by atoms with E-state index >= 15 is 0 Å². The van der Waals surface area contributed by atoms with Crippen LogP contribution in [0.5, 0.6) is 0 Å². The predicted molar refractivity (Wildman–Crippen MR) is 64.2 cm³/mol. The lowest BCUT2D eigenvalue weighted by Crippen LogP contribution is -1.94. The summed E-state index contributed by atoms with van der Waals surface area (Å²) >= 11 is 0. The minimum Gasteiger partial charge on any atom is -0.334 e. The summed E-state index contributed by atoms with van der Waals surface area (Å²) in [6, 6.07) is 4.54. The van der Waals surface area contributed by atoms with Crippen LogP contribution in [0.2, 0.25) is 0 Å². The fourth-order valence-corrected chi connectivity index (χ4v) is 1.96. The molecule has 15 heavy (non-hydrogen) atoms. The highest BCUT2D eigenvalue weighted by atomic mass is 15.0. The summed E-state index contributed by atoms with van der Waals surface area (Å²) in [7, 11) is 2.05. The Morgan fingerprint density at radius 2 is 2.07 bits per heavy atom. The quantitative estimate of drug-likeness (QED) is 0.731. The highest BCUT2D eigenvalue weighted by molar-refractivity contribution is 5.80. The number of benzene rings is 1. The zero-order valence-electron chi connectivity index (χ0n) is 9.91. The Hall–Kier alpha value is -1.31. The van der Waals surface area contributed by atoms with E-state index in [1.54, 1.807) is 0 Å². The van der Waals surface area contributed by atoms with Crippen LogP contribution >= 0.6 is 0 Å². The average Bonchev–Trinajstić information content (AvgIpc) is 2.59. The molecule has 1 heterocycles. The van der Waals surface area contributed by atoms with E-state index in [0.29, 0.717) is 5.92 Å². The van der Waals surface area contributed by atoms with Gasteiger partial charge in [-0.2, -0.15) is 0 Å².